The second-order valence-corrected chi connectivity index (χ2v) is 4.47. The Morgan fingerprint density at radius 2 is 2.22 bits per heavy atom. The van der Waals surface area contributed by atoms with E-state index in [2.05, 4.69) is 31.2 Å². The van der Waals surface area contributed by atoms with Crippen molar-refractivity contribution in [1.29, 1.82) is 0 Å². The van der Waals surface area contributed by atoms with Gasteiger partial charge in [-0.1, -0.05) is 6.07 Å². The minimum atomic E-state index is -0.692. The number of rotatable bonds is 2. The van der Waals surface area contributed by atoms with Gasteiger partial charge in [-0.2, -0.15) is 4.39 Å². The number of carbonyl (C=O) groups is 1. The molecule has 0 spiro atoms. The van der Waals surface area contributed by atoms with Crippen molar-refractivity contribution in [3.8, 4) is 0 Å². The molecular weight excluding hydrogens is 301 g/mol. The predicted molar refractivity (Wildman–Crippen MR) is 68.8 cm³/mol. The lowest BCUT2D eigenvalue weighted by atomic mass is 10.3. The van der Waals surface area contributed by atoms with E-state index in [1.165, 1.54) is 18.2 Å². The lowest BCUT2D eigenvalue weighted by Gasteiger charge is -2.05. The molecule has 0 fully saturated rings. The van der Waals surface area contributed by atoms with Gasteiger partial charge in [0.1, 0.15) is 11.5 Å². The summed E-state index contributed by atoms with van der Waals surface area (Å²) in [6.07, 6.45) is 1.59. The largest absolute Gasteiger partial charge is 0.305 e. The number of nitrogens with one attached hydrogen (secondary N) is 1. The van der Waals surface area contributed by atoms with E-state index >= 15 is 0 Å². The Morgan fingerprint density at radius 3 is 2.89 bits per heavy atom. The van der Waals surface area contributed by atoms with Crippen LogP contribution in [0.15, 0.2) is 34.9 Å². The molecule has 2 rings (SSSR count). The van der Waals surface area contributed by atoms with Crippen LogP contribution in [0.25, 0.3) is 0 Å². The Bertz CT molecular complexity index is 604. The zero-order valence-corrected chi connectivity index (χ0v) is 11.0. The van der Waals surface area contributed by atoms with Gasteiger partial charge in [0.05, 0.1) is 0 Å². The molecule has 0 unspecified atom stereocenters. The standard InChI is InChI=1S/C12H9BrFN3O/c1-7-5-11(15-6-8(7)13)17-12(18)9-3-2-4-10(14)16-9/h2-6H,1H3,(H,15,17,18). The molecule has 0 aliphatic heterocycles. The molecule has 18 heavy (non-hydrogen) atoms. The van der Waals surface area contributed by atoms with Crippen LogP contribution in [-0.2, 0) is 0 Å². The fourth-order valence-electron chi connectivity index (χ4n) is 1.32. The summed E-state index contributed by atoms with van der Waals surface area (Å²) < 4.78 is 13.7. The zero-order chi connectivity index (χ0) is 13.1. The third-order valence-corrected chi connectivity index (χ3v) is 3.07. The summed E-state index contributed by atoms with van der Waals surface area (Å²) in [4.78, 5) is 19.3. The minimum absolute atomic E-state index is 0.0115. The molecule has 0 saturated heterocycles. The third kappa shape index (κ3) is 2.89. The second-order valence-electron chi connectivity index (χ2n) is 3.62. The number of halogens is 2. The maximum absolute atomic E-state index is 12.9. The summed E-state index contributed by atoms with van der Waals surface area (Å²) in [7, 11) is 0. The van der Waals surface area contributed by atoms with Crippen molar-refractivity contribution in [3.63, 3.8) is 0 Å². The van der Waals surface area contributed by atoms with Crippen LogP contribution >= 0.6 is 15.9 Å². The topological polar surface area (TPSA) is 54.9 Å². The van der Waals surface area contributed by atoms with Gasteiger partial charge < -0.3 is 5.32 Å². The lowest BCUT2D eigenvalue weighted by Crippen LogP contribution is -2.15. The van der Waals surface area contributed by atoms with Gasteiger partial charge in [0, 0.05) is 10.7 Å². The van der Waals surface area contributed by atoms with Crippen LogP contribution in [0, 0.1) is 12.9 Å². The summed E-state index contributed by atoms with van der Waals surface area (Å²) in [5.74, 6) is -0.793. The van der Waals surface area contributed by atoms with Gasteiger partial charge in [-0.3, -0.25) is 4.79 Å². The number of carbonyl (C=O) groups excluding carboxylic acids is 1. The Hall–Kier alpha value is -1.82. The van der Waals surface area contributed by atoms with Gasteiger partial charge in [0.2, 0.25) is 5.95 Å². The van der Waals surface area contributed by atoms with Crippen molar-refractivity contribution in [3.05, 3.63) is 52.1 Å². The summed E-state index contributed by atoms with van der Waals surface area (Å²) >= 11 is 3.31. The van der Waals surface area contributed by atoms with E-state index in [0.717, 1.165) is 10.0 Å². The van der Waals surface area contributed by atoms with Gasteiger partial charge in [0.25, 0.3) is 5.91 Å². The number of nitrogens with zero attached hydrogens (tertiary/aromatic N) is 2. The Kier molecular flexibility index (Phi) is 3.66. The van der Waals surface area contributed by atoms with Gasteiger partial charge in [-0.05, 0) is 46.6 Å². The van der Waals surface area contributed by atoms with Crippen molar-refractivity contribution in [2.45, 2.75) is 6.92 Å². The van der Waals surface area contributed by atoms with Crippen molar-refractivity contribution in [2.75, 3.05) is 5.32 Å². The maximum Gasteiger partial charge on any atom is 0.275 e. The van der Waals surface area contributed by atoms with Crippen LogP contribution in [-0.4, -0.2) is 15.9 Å². The Morgan fingerprint density at radius 1 is 1.44 bits per heavy atom. The SMILES string of the molecule is Cc1cc(NC(=O)c2cccc(F)n2)ncc1Br. The molecular formula is C12H9BrFN3O. The predicted octanol–water partition coefficient (Wildman–Crippen LogP) is 2.94. The van der Waals surface area contributed by atoms with Gasteiger partial charge in [0.15, 0.2) is 0 Å². The highest BCUT2D eigenvalue weighted by Crippen LogP contribution is 2.17. The van der Waals surface area contributed by atoms with E-state index in [1.807, 2.05) is 6.92 Å². The molecule has 2 aromatic rings. The molecule has 2 aromatic heterocycles. The van der Waals surface area contributed by atoms with Crippen LogP contribution < -0.4 is 5.32 Å². The molecule has 92 valence electrons. The van der Waals surface area contributed by atoms with E-state index in [0.29, 0.717) is 5.82 Å². The first-order valence-electron chi connectivity index (χ1n) is 5.12. The maximum atomic E-state index is 12.9. The van der Waals surface area contributed by atoms with Gasteiger partial charge in [-0.25, -0.2) is 9.97 Å². The van der Waals surface area contributed by atoms with Crippen LogP contribution in [0.5, 0.6) is 0 Å². The number of aromatic nitrogens is 2. The van der Waals surface area contributed by atoms with Crippen molar-refractivity contribution < 1.29 is 9.18 Å². The first kappa shape index (κ1) is 12.6. The van der Waals surface area contributed by atoms with E-state index in [-0.39, 0.29) is 5.69 Å². The molecule has 0 aliphatic carbocycles. The highest BCUT2D eigenvalue weighted by Gasteiger charge is 2.09. The fourth-order valence-corrected chi connectivity index (χ4v) is 1.54. The quantitative estimate of drug-likeness (QED) is 0.868. The number of pyridine rings is 2. The third-order valence-electron chi connectivity index (χ3n) is 2.24. The molecule has 4 nitrogen and oxygen atoms in total. The van der Waals surface area contributed by atoms with Crippen LogP contribution in [0.2, 0.25) is 0 Å². The van der Waals surface area contributed by atoms with E-state index in [9.17, 15) is 9.18 Å². The molecule has 0 saturated carbocycles. The fraction of sp³-hybridized carbons (Fsp3) is 0.0833. The monoisotopic (exact) mass is 309 g/mol. The highest BCUT2D eigenvalue weighted by atomic mass is 79.9. The molecule has 2 heterocycles. The molecule has 1 N–H and O–H groups in total. The number of amides is 1. The zero-order valence-electron chi connectivity index (χ0n) is 9.45. The highest BCUT2D eigenvalue weighted by molar-refractivity contribution is 9.10. The van der Waals surface area contributed by atoms with E-state index in [1.54, 1.807) is 12.3 Å². The smallest absolute Gasteiger partial charge is 0.275 e. The molecule has 0 aromatic carbocycles. The summed E-state index contributed by atoms with van der Waals surface area (Å²) in [5, 5.41) is 2.55. The first-order valence-corrected chi connectivity index (χ1v) is 5.91. The van der Waals surface area contributed by atoms with Crippen molar-refractivity contribution in [1.82, 2.24) is 9.97 Å². The molecule has 0 atom stereocenters. The van der Waals surface area contributed by atoms with Gasteiger partial charge in [-0.15, -0.1) is 0 Å². The number of hydrogen-bond acceptors (Lipinski definition) is 3. The number of aryl methyl sites for hydroxylation is 1. The molecule has 6 heteroatoms. The molecule has 0 radical (unpaired) electrons. The molecule has 0 aliphatic rings. The Balaban J connectivity index is 2.18. The van der Waals surface area contributed by atoms with Crippen LogP contribution in [0.4, 0.5) is 10.2 Å². The summed E-state index contributed by atoms with van der Waals surface area (Å²) in [6.45, 7) is 1.88. The summed E-state index contributed by atoms with van der Waals surface area (Å²) in [6, 6.07) is 5.75. The second kappa shape index (κ2) is 5.22. The summed E-state index contributed by atoms with van der Waals surface area (Å²) in [5.41, 5.74) is 0.949. The first-order chi connectivity index (χ1) is 8.56. The van der Waals surface area contributed by atoms with Crippen molar-refractivity contribution >= 4 is 27.7 Å². The Labute approximate surface area is 111 Å². The van der Waals surface area contributed by atoms with Crippen LogP contribution in [0.3, 0.4) is 0 Å². The van der Waals surface area contributed by atoms with E-state index < -0.39 is 11.9 Å². The normalized spacial score (nSPS) is 10.2. The minimum Gasteiger partial charge on any atom is -0.305 e. The van der Waals surface area contributed by atoms with Crippen LogP contribution in [0.1, 0.15) is 16.1 Å². The lowest BCUT2D eigenvalue weighted by molar-refractivity contribution is 0.102. The van der Waals surface area contributed by atoms with Gasteiger partial charge >= 0.3 is 0 Å². The molecule has 1 amide bonds. The molecule has 0 bridgehead atoms. The van der Waals surface area contributed by atoms with E-state index in [4.69, 9.17) is 0 Å². The van der Waals surface area contributed by atoms with Crippen molar-refractivity contribution in [2.24, 2.45) is 0 Å². The average Bonchev–Trinajstić information content (AvgIpc) is 2.34. The number of hydrogen-bond donors (Lipinski definition) is 1. The number of anilines is 1. The average molecular weight is 310 g/mol.